The Morgan fingerprint density at radius 3 is 2.43 bits per heavy atom. The predicted molar refractivity (Wildman–Crippen MR) is 109 cm³/mol. The number of methoxy groups -OCH3 is 2. The molecule has 1 N–H and O–H groups in total. The van der Waals surface area contributed by atoms with Gasteiger partial charge in [0.25, 0.3) is 5.91 Å². The van der Waals surface area contributed by atoms with Crippen molar-refractivity contribution in [1.82, 2.24) is 15.1 Å². The van der Waals surface area contributed by atoms with E-state index in [-0.39, 0.29) is 5.91 Å². The number of rotatable bonds is 7. The largest absolute Gasteiger partial charge is 0.493 e. The molecule has 1 heterocycles. The lowest BCUT2D eigenvalue weighted by molar-refractivity contribution is 0.0953. The fourth-order valence-electron chi connectivity index (χ4n) is 3.03. The fraction of sp³-hybridized carbons (Fsp3) is 0.273. The van der Waals surface area contributed by atoms with E-state index in [1.807, 2.05) is 56.3 Å². The van der Waals surface area contributed by atoms with Crippen molar-refractivity contribution in [3.8, 4) is 17.2 Å². The van der Waals surface area contributed by atoms with E-state index in [9.17, 15) is 4.79 Å². The molecule has 0 saturated carbocycles. The number of nitrogens with zero attached hydrogens (tertiary/aromatic N) is 2. The summed E-state index contributed by atoms with van der Waals surface area (Å²) in [6.07, 6.45) is 2.30. The number of carbonyl (C=O) groups is 1. The van der Waals surface area contributed by atoms with Gasteiger partial charge in [-0.3, -0.25) is 4.79 Å². The lowest BCUT2D eigenvalue weighted by atomic mass is 10.1. The zero-order chi connectivity index (χ0) is 20.1. The van der Waals surface area contributed by atoms with Gasteiger partial charge in [-0.25, -0.2) is 4.68 Å². The van der Waals surface area contributed by atoms with Crippen molar-refractivity contribution in [1.29, 1.82) is 0 Å². The molecule has 146 valence electrons. The van der Waals surface area contributed by atoms with Gasteiger partial charge in [0.05, 0.1) is 37.4 Å². The molecule has 0 bridgehead atoms. The Balaban J connectivity index is 1.63. The molecule has 3 aromatic rings. The summed E-state index contributed by atoms with van der Waals surface area (Å²) >= 11 is 0. The summed E-state index contributed by atoms with van der Waals surface area (Å²) in [4.78, 5) is 12.6. The van der Waals surface area contributed by atoms with Crippen LogP contribution in [-0.4, -0.2) is 36.5 Å². The molecule has 0 aliphatic carbocycles. The van der Waals surface area contributed by atoms with E-state index in [0.717, 1.165) is 16.9 Å². The molecule has 6 nitrogen and oxygen atoms in total. The minimum atomic E-state index is -0.128. The van der Waals surface area contributed by atoms with Gasteiger partial charge < -0.3 is 14.8 Å². The molecule has 1 amide bonds. The smallest absolute Gasteiger partial charge is 0.254 e. The van der Waals surface area contributed by atoms with Gasteiger partial charge >= 0.3 is 0 Å². The Bertz CT molecular complexity index is 962. The van der Waals surface area contributed by atoms with Crippen LogP contribution in [0.1, 0.15) is 27.2 Å². The van der Waals surface area contributed by atoms with Gasteiger partial charge in [0.15, 0.2) is 11.5 Å². The SMILES string of the molecule is COc1ccc(CCNC(=O)c2cnn(-c3ccc(C)cc3)c2C)cc1OC. The Hall–Kier alpha value is -3.28. The molecule has 0 unspecified atom stereocenters. The third kappa shape index (κ3) is 4.17. The average molecular weight is 379 g/mol. The Morgan fingerprint density at radius 2 is 1.75 bits per heavy atom. The molecule has 1 aromatic heterocycles. The second kappa shape index (κ2) is 8.61. The maximum atomic E-state index is 12.6. The molecule has 0 atom stereocenters. The quantitative estimate of drug-likeness (QED) is 0.683. The molecule has 0 radical (unpaired) electrons. The minimum absolute atomic E-state index is 0.128. The van der Waals surface area contributed by atoms with Crippen molar-refractivity contribution in [3.63, 3.8) is 0 Å². The molecule has 6 heteroatoms. The summed E-state index contributed by atoms with van der Waals surface area (Å²) in [5.41, 5.74) is 4.57. The zero-order valence-corrected chi connectivity index (χ0v) is 16.7. The van der Waals surface area contributed by atoms with Gasteiger partial charge in [-0.2, -0.15) is 5.10 Å². The predicted octanol–water partition coefficient (Wildman–Crippen LogP) is 3.48. The number of ether oxygens (including phenoxy) is 2. The van der Waals surface area contributed by atoms with Crippen LogP contribution in [-0.2, 0) is 6.42 Å². The number of aromatic nitrogens is 2. The molecular weight excluding hydrogens is 354 g/mol. The van der Waals surface area contributed by atoms with Crippen molar-refractivity contribution in [2.75, 3.05) is 20.8 Å². The monoisotopic (exact) mass is 379 g/mol. The topological polar surface area (TPSA) is 65.4 Å². The lowest BCUT2D eigenvalue weighted by Gasteiger charge is -2.10. The number of benzene rings is 2. The Kier molecular flexibility index (Phi) is 5.99. The normalized spacial score (nSPS) is 10.6. The maximum Gasteiger partial charge on any atom is 0.254 e. The summed E-state index contributed by atoms with van der Waals surface area (Å²) in [5.74, 6) is 1.24. The van der Waals surface area contributed by atoms with Crippen molar-refractivity contribution >= 4 is 5.91 Å². The summed E-state index contributed by atoms with van der Waals surface area (Å²) in [6.45, 7) is 4.45. The number of carbonyl (C=O) groups excluding carboxylic acids is 1. The second-order valence-electron chi connectivity index (χ2n) is 6.59. The highest BCUT2D eigenvalue weighted by atomic mass is 16.5. The second-order valence-corrected chi connectivity index (χ2v) is 6.59. The van der Waals surface area contributed by atoms with E-state index in [2.05, 4.69) is 10.4 Å². The highest BCUT2D eigenvalue weighted by molar-refractivity contribution is 5.95. The first-order valence-corrected chi connectivity index (χ1v) is 9.14. The standard InChI is InChI=1S/C22H25N3O3/c1-15-5-8-18(9-6-15)25-16(2)19(14-24-25)22(26)23-12-11-17-7-10-20(27-3)21(13-17)28-4/h5-10,13-14H,11-12H2,1-4H3,(H,23,26). The molecule has 0 spiro atoms. The summed E-state index contributed by atoms with van der Waals surface area (Å²) in [5, 5.41) is 7.33. The molecule has 0 aliphatic rings. The van der Waals surface area contributed by atoms with Crippen LogP contribution in [0.5, 0.6) is 11.5 Å². The molecule has 28 heavy (non-hydrogen) atoms. The van der Waals surface area contributed by atoms with Crippen molar-refractivity contribution in [3.05, 3.63) is 71.0 Å². The third-order valence-electron chi connectivity index (χ3n) is 4.68. The van der Waals surface area contributed by atoms with Gasteiger partial charge in [0, 0.05) is 6.54 Å². The van der Waals surface area contributed by atoms with Crippen LogP contribution < -0.4 is 14.8 Å². The van der Waals surface area contributed by atoms with E-state index in [1.165, 1.54) is 5.56 Å². The third-order valence-corrected chi connectivity index (χ3v) is 4.68. The molecule has 0 aliphatic heterocycles. The number of hydrogen-bond acceptors (Lipinski definition) is 4. The Morgan fingerprint density at radius 1 is 1.04 bits per heavy atom. The Labute approximate surface area is 165 Å². The summed E-state index contributed by atoms with van der Waals surface area (Å²) < 4.78 is 12.3. The highest BCUT2D eigenvalue weighted by Gasteiger charge is 2.15. The summed E-state index contributed by atoms with van der Waals surface area (Å²) in [7, 11) is 3.22. The molecular formula is C22H25N3O3. The van der Waals surface area contributed by atoms with Gasteiger partial charge in [0.2, 0.25) is 0 Å². The van der Waals surface area contributed by atoms with Gasteiger partial charge in [-0.05, 0) is 50.1 Å². The first-order chi connectivity index (χ1) is 13.5. The number of nitrogens with one attached hydrogen (secondary N) is 1. The number of amides is 1. The van der Waals surface area contributed by atoms with Crippen molar-refractivity contribution in [2.24, 2.45) is 0 Å². The van der Waals surface area contributed by atoms with E-state index < -0.39 is 0 Å². The van der Waals surface area contributed by atoms with Crippen LogP contribution in [0.25, 0.3) is 5.69 Å². The van der Waals surface area contributed by atoms with Crippen molar-refractivity contribution < 1.29 is 14.3 Å². The number of hydrogen-bond donors (Lipinski definition) is 1. The minimum Gasteiger partial charge on any atom is -0.493 e. The van der Waals surface area contributed by atoms with Crippen LogP contribution in [0.4, 0.5) is 0 Å². The van der Waals surface area contributed by atoms with Gasteiger partial charge in [-0.1, -0.05) is 23.8 Å². The fourth-order valence-corrected chi connectivity index (χ4v) is 3.03. The first-order valence-electron chi connectivity index (χ1n) is 9.14. The van der Waals surface area contributed by atoms with Gasteiger partial charge in [0.1, 0.15) is 0 Å². The van der Waals surface area contributed by atoms with E-state index in [1.54, 1.807) is 25.1 Å². The molecule has 3 rings (SSSR count). The number of aryl methyl sites for hydroxylation is 1. The summed E-state index contributed by atoms with van der Waals surface area (Å²) in [6, 6.07) is 13.8. The van der Waals surface area contributed by atoms with E-state index in [0.29, 0.717) is 30.0 Å². The molecule has 0 fully saturated rings. The van der Waals surface area contributed by atoms with Crippen LogP contribution >= 0.6 is 0 Å². The van der Waals surface area contributed by atoms with Crippen LogP contribution in [0.3, 0.4) is 0 Å². The van der Waals surface area contributed by atoms with Crippen LogP contribution in [0.2, 0.25) is 0 Å². The average Bonchev–Trinajstić information content (AvgIpc) is 3.09. The highest BCUT2D eigenvalue weighted by Crippen LogP contribution is 2.27. The molecule has 0 saturated heterocycles. The van der Waals surface area contributed by atoms with Gasteiger partial charge in [-0.15, -0.1) is 0 Å². The van der Waals surface area contributed by atoms with Crippen molar-refractivity contribution in [2.45, 2.75) is 20.3 Å². The maximum absolute atomic E-state index is 12.6. The first kappa shape index (κ1) is 19.5. The lowest BCUT2D eigenvalue weighted by Crippen LogP contribution is -2.26. The van der Waals surface area contributed by atoms with Crippen LogP contribution in [0, 0.1) is 13.8 Å². The van der Waals surface area contributed by atoms with E-state index in [4.69, 9.17) is 9.47 Å². The zero-order valence-electron chi connectivity index (χ0n) is 16.7. The van der Waals surface area contributed by atoms with E-state index >= 15 is 0 Å². The molecule has 2 aromatic carbocycles. The van der Waals surface area contributed by atoms with Crippen LogP contribution in [0.15, 0.2) is 48.7 Å².